The summed E-state index contributed by atoms with van der Waals surface area (Å²) in [5.41, 5.74) is 1.94. The Morgan fingerprint density at radius 1 is 0.865 bits per heavy atom. The van der Waals surface area contributed by atoms with Crippen LogP contribution in [0.3, 0.4) is 0 Å². The van der Waals surface area contributed by atoms with Crippen molar-refractivity contribution in [2.24, 2.45) is 0 Å². The first-order chi connectivity index (χ1) is 18.0. The van der Waals surface area contributed by atoms with Crippen LogP contribution >= 0.6 is 35.1 Å². The molecule has 0 bridgehead atoms. The third kappa shape index (κ3) is 6.21. The lowest BCUT2D eigenvalue weighted by Crippen LogP contribution is -2.51. The number of amides is 3. The number of para-hydroxylation sites is 1. The van der Waals surface area contributed by atoms with Crippen molar-refractivity contribution in [1.82, 2.24) is 9.80 Å². The van der Waals surface area contributed by atoms with E-state index < -0.39 is 11.1 Å². The fraction of sp³-hybridized carbons (Fsp3) is 0.179. The van der Waals surface area contributed by atoms with Crippen LogP contribution in [-0.2, 0) is 9.59 Å². The SMILES string of the molecule is O=C(CN1C(=O)S/C(=C/c2ccc(Sc3ccc(Cl)cc3)cc2)C1=O)N1CCN(c2ccccc2)CC1. The first-order valence-electron chi connectivity index (χ1n) is 11.8. The lowest BCUT2D eigenvalue weighted by molar-refractivity contribution is -0.136. The third-order valence-corrected chi connectivity index (χ3v) is 8.32. The minimum Gasteiger partial charge on any atom is -0.368 e. The van der Waals surface area contributed by atoms with E-state index in [4.69, 9.17) is 11.6 Å². The molecule has 2 aliphatic heterocycles. The normalized spacial score (nSPS) is 17.1. The molecule has 0 N–H and O–H groups in total. The molecule has 0 atom stereocenters. The monoisotopic (exact) mass is 549 g/mol. The Kier molecular flexibility index (Phi) is 7.88. The molecule has 9 heteroatoms. The Balaban J connectivity index is 1.17. The average molecular weight is 550 g/mol. The summed E-state index contributed by atoms with van der Waals surface area (Å²) in [5, 5.41) is 0.281. The lowest BCUT2D eigenvalue weighted by atomic mass is 10.2. The zero-order chi connectivity index (χ0) is 25.8. The maximum absolute atomic E-state index is 12.9. The van der Waals surface area contributed by atoms with Gasteiger partial charge in [-0.1, -0.05) is 53.7 Å². The predicted molar refractivity (Wildman–Crippen MR) is 150 cm³/mol. The Morgan fingerprint density at radius 3 is 2.14 bits per heavy atom. The molecule has 0 spiro atoms. The number of carbonyl (C=O) groups excluding carboxylic acids is 3. The Labute approximate surface area is 229 Å². The van der Waals surface area contributed by atoms with Gasteiger partial charge in [0, 0.05) is 46.7 Å². The van der Waals surface area contributed by atoms with Gasteiger partial charge in [0.15, 0.2) is 0 Å². The molecule has 3 amide bonds. The minimum atomic E-state index is -0.425. The van der Waals surface area contributed by atoms with Crippen molar-refractivity contribution in [1.29, 1.82) is 0 Å². The number of rotatable bonds is 6. The fourth-order valence-electron chi connectivity index (χ4n) is 4.15. The molecule has 2 heterocycles. The number of piperazine rings is 1. The number of nitrogens with zero attached hydrogens (tertiary/aromatic N) is 3. The summed E-state index contributed by atoms with van der Waals surface area (Å²) >= 11 is 8.43. The van der Waals surface area contributed by atoms with Crippen molar-refractivity contribution in [3.05, 3.63) is 94.4 Å². The van der Waals surface area contributed by atoms with Gasteiger partial charge in [-0.25, -0.2) is 0 Å². The van der Waals surface area contributed by atoms with Gasteiger partial charge in [-0.3, -0.25) is 19.3 Å². The molecule has 2 saturated heterocycles. The summed E-state index contributed by atoms with van der Waals surface area (Å²) in [6, 6.07) is 25.4. The van der Waals surface area contributed by atoms with E-state index in [9.17, 15) is 14.4 Å². The van der Waals surface area contributed by atoms with E-state index in [1.165, 1.54) is 0 Å². The number of thioether (sulfide) groups is 1. The van der Waals surface area contributed by atoms with Gasteiger partial charge in [0.2, 0.25) is 5.91 Å². The molecule has 0 unspecified atom stereocenters. The second-order valence-electron chi connectivity index (χ2n) is 8.60. The van der Waals surface area contributed by atoms with E-state index in [1.54, 1.807) is 22.7 Å². The largest absolute Gasteiger partial charge is 0.368 e. The Morgan fingerprint density at radius 2 is 1.49 bits per heavy atom. The molecule has 0 aromatic heterocycles. The zero-order valence-electron chi connectivity index (χ0n) is 19.9. The van der Waals surface area contributed by atoms with Crippen LogP contribution in [-0.4, -0.2) is 59.6 Å². The van der Waals surface area contributed by atoms with Crippen LogP contribution < -0.4 is 4.90 Å². The first-order valence-corrected chi connectivity index (χ1v) is 13.8. The number of anilines is 1. The van der Waals surface area contributed by atoms with Crippen LogP contribution in [0.5, 0.6) is 0 Å². The van der Waals surface area contributed by atoms with Gasteiger partial charge in [-0.15, -0.1) is 0 Å². The van der Waals surface area contributed by atoms with Crippen molar-refractivity contribution in [2.45, 2.75) is 9.79 Å². The number of carbonyl (C=O) groups is 3. The van der Waals surface area contributed by atoms with Gasteiger partial charge in [0.1, 0.15) is 6.54 Å². The lowest BCUT2D eigenvalue weighted by Gasteiger charge is -2.36. The summed E-state index contributed by atoms with van der Waals surface area (Å²) in [7, 11) is 0. The summed E-state index contributed by atoms with van der Waals surface area (Å²) < 4.78 is 0. The molecule has 2 fully saturated rings. The molecular formula is C28H24ClN3O3S2. The van der Waals surface area contributed by atoms with Gasteiger partial charge in [0.05, 0.1) is 4.91 Å². The van der Waals surface area contributed by atoms with Gasteiger partial charge >= 0.3 is 0 Å². The van der Waals surface area contributed by atoms with Crippen LogP contribution in [0, 0.1) is 0 Å². The van der Waals surface area contributed by atoms with Crippen molar-refractivity contribution < 1.29 is 14.4 Å². The van der Waals surface area contributed by atoms with Gasteiger partial charge < -0.3 is 9.80 Å². The molecule has 0 radical (unpaired) electrons. The smallest absolute Gasteiger partial charge is 0.294 e. The first kappa shape index (κ1) is 25.4. The molecule has 37 heavy (non-hydrogen) atoms. The number of imide groups is 1. The Bertz CT molecular complexity index is 1320. The van der Waals surface area contributed by atoms with Crippen molar-refractivity contribution in [2.75, 3.05) is 37.6 Å². The quantitative estimate of drug-likeness (QED) is 0.358. The van der Waals surface area contributed by atoms with Crippen molar-refractivity contribution >= 4 is 63.9 Å². The van der Waals surface area contributed by atoms with E-state index >= 15 is 0 Å². The van der Waals surface area contributed by atoms with Crippen molar-refractivity contribution in [3.8, 4) is 0 Å². The highest BCUT2D eigenvalue weighted by Gasteiger charge is 2.37. The van der Waals surface area contributed by atoms with Gasteiger partial charge in [0.25, 0.3) is 11.1 Å². The van der Waals surface area contributed by atoms with Crippen molar-refractivity contribution in [3.63, 3.8) is 0 Å². The maximum Gasteiger partial charge on any atom is 0.294 e. The van der Waals surface area contributed by atoms with E-state index in [1.807, 2.05) is 66.7 Å². The molecular weight excluding hydrogens is 526 g/mol. The highest BCUT2D eigenvalue weighted by Crippen LogP contribution is 2.33. The average Bonchev–Trinajstić information content (AvgIpc) is 3.19. The molecule has 3 aromatic rings. The molecule has 188 valence electrons. The number of halogens is 1. The second-order valence-corrected chi connectivity index (χ2v) is 11.2. The van der Waals surface area contributed by atoms with E-state index in [2.05, 4.69) is 17.0 Å². The predicted octanol–water partition coefficient (Wildman–Crippen LogP) is 5.88. The summed E-state index contributed by atoms with van der Waals surface area (Å²) in [6.07, 6.45) is 1.70. The highest BCUT2D eigenvalue weighted by atomic mass is 35.5. The Hall–Kier alpha value is -3.20. The van der Waals surface area contributed by atoms with Gasteiger partial charge in [-0.05, 0) is 71.9 Å². The fourth-order valence-corrected chi connectivity index (χ4v) is 5.93. The third-order valence-electron chi connectivity index (χ3n) is 6.15. The summed E-state index contributed by atoms with van der Waals surface area (Å²) in [4.78, 5) is 45.8. The van der Waals surface area contributed by atoms with Crippen LogP contribution in [0.2, 0.25) is 5.02 Å². The standard InChI is InChI=1S/C28H24ClN3O3S2/c29-21-8-12-24(13-9-21)36-23-10-6-20(7-11-23)18-25-27(34)32(28(35)37-25)19-26(33)31-16-14-30(15-17-31)22-4-2-1-3-5-22/h1-13,18H,14-17,19H2/b25-18+. The number of hydrogen-bond donors (Lipinski definition) is 0. The molecule has 3 aromatic carbocycles. The van der Waals surface area contributed by atoms with E-state index in [0.717, 1.165) is 37.7 Å². The molecule has 6 nitrogen and oxygen atoms in total. The minimum absolute atomic E-state index is 0.208. The van der Waals surface area contributed by atoms with Crippen LogP contribution in [0.25, 0.3) is 6.08 Å². The highest BCUT2D eigenvalue weighted by molar-refractivity contribution is 8.18. The van der Waals surface area contributed by atoms with E-state index in [-0.39, 0.29) is 12.5 Å². The number of hydrogen-bond acceptors (Lipinski definition) is 6. The van der Waals surface area contributed by atoms with Crippen LogP contribution in [0.1, 0.15) is 5.56 Å². The maximum atomic E-state index is 12.9. The van der Waals surface area contributed by atoms with Gasteiger partial charge in [-0.2, -0.15) is 0 Å². The molecule has 2 aliphatic rings. The molecule has 0 saturated carbocycles. The zero-order valence-corrected chi connectivity index (χ0v) is 22.3. The topological polar surface area (TPSA) is 60.9 Å². The number of benzene rings is 3. The van der Waals surface area contributed by atoms with Crippen LogP contribution in [0.15, 0.2) is 93.6 Å². The molecule has 5 rings (SSSR count). The van der Waals surface area contributed by atoms with E-state index in [0.29, 0.717) is 36.1 Å². The summed E-state index contributed by atoms with van der Waals surface area (Å²) in [5.74, 6) is -0.634. The summed E-state index contributed by atoms with van der Waals surface area (Å²) in [6.45, 7) is 2.30. The second kappa shape index (κ2) is 11.5. The van der Waals surface area contributed by atoms with Crippen LogP contribution in [0.4, 0.5) is 10.5 Å². The molecule has 0 aliphatic carbocycles.